The quantitative estimate of drug-likeness (QED) is 0.525. The van der Waals surface area contributed by atoms with Crippen LogP contribution in [0.5, 0.6) is 0 Å². The number of benzene rings is 1. The number of fused-ring (bicyclic) bond motifs is 1. The second kappa shape index (κ2) is 8.71. The number of hydrogen-bond acceptors (Lipinski definition) is 4. The lowest BCUT2D eigenvalue weighted by Crippen LogP contribution is -2.23. The fourth-order valence-corrected chi connectivity index (χ4v) is 2.58. The first-order valence-electron chi connectivity index (χ1n) is 8.56. The largest absolute Gasteiger partial charge is 0.353 e. The Balaban J connectivity index is 1.47. The molecule has 1 amide bonds. The molecule has 132 valence electrons. The lowest BCUT2D eigenvalue weighted by atomic mass is 10.2. The van der Waals surface area contributed by atoms with Crippen LogP contribution >= 0.6 is 0 Å². The van der Waals surface area contributed by atoms with Gasteiger partial charge in [-0.3, -0.25) is 19.1 Å². The van der Waals surface area contributed by atoms with Crippen LogP contribution in [0, 0.1) is 0 Å². The Kier molecular flexibility index (Phi) is 5.88. The molecule has 3 aromatic rings. The molecule has 0 aliphatic rings. The standard InChI is InChI=1S/C20H20N4O2/c25-19(22-13-6-4-8-16-7-3-5-12-21-16)11-14-24-15-23-18-10-2-1-9-17(18)20(24)26/h1-3,5,7,9-12,14-15H,4,6,8,13H2,(H,22,25)/b14-11+. The fraction of sp³-hybridized carbons (Fsp3) is 0.200. The SMILES string of the molecule is O=C(/C=C/n1cnc2ccccc2c1=O)NCCCCc1ccccn1. The molecule has 0 spiro atoms. The van der Waals surface area contributed by atoms with E-state index in [2.05, 4.69) is 15.3 Å². The molecular formula is C20H20N4O2. The van der Waals surface area contributed by atoms with Gasteiger partial charge in [0.25, 0.3) is 5.56 Å². The lowest BCUT2D eigenvalue weighted by molar-refractivity contribution is -0.116. The van der Waals surface area contributed by atoms with Crippen LogP contribution in [-0.4, -0.2) is 27.0 Å². The average Bonchev–Trinajstić information content (AvgIpc) is 2.68. The molecule has 26 heavy (non-hydrogen) atoms. The van der Waals surface area contributed by atoms with Crippen LogP contribution < -0.4 is 10.9 Å². The first-order chi connectivity index (χ1) is 12.7. The highest BCUT2D eigenvalue weighted by Gasteiger charge is 2.02. The van der Waals surface area contributed by atoms with E-state index >= 15 is 0 Å². The van der Waals surface area contributed by atoms with Crippen LogP contribution in [0.4, 0.5) is 0 Å². The zero-order valence-corrected chi connectivity index (χ0v) is 14.3. The number of nitrogens with zero attached hydrogens (tertiary/aromatic N) is 3. The van der Waals surface area contributed by atoms with E-state index in [9.17, 15) is 9.59 Å². The van der Waals surface area contributed by atoms with E-state index in [1.54, 1.807) is 24.4 Å². The number of rotatable bonds is 7. The first kappa shape index (κ1) is 17.5. The number of carbonyl (C=O) groups is 1. The molecule has 2 heterocycles. The number of unbranched alkanes of at least 4 members (excludes halogenated alkanes) is 1. The predicted octanol–water partition coefficient (Wildman–Crippen LogP) is 2.40. The molecule has 1 aromatic carbocycles. The van der Waals surface area contributed by atoms with Crippen LogP contribution in [0.2, 0.25) is 0 Å². The minimum Gasteiger partial charge on any atom is -0.353 e. The minimum atomic E-state index is -0.233. The van der Waals surface area contributed by atoms with Crippen LogP contribution in [-0.2, 0) is 11.2 Å². The minimum absolute atomic E-state index is 0.199. The second-order valence-corrected chi connectivity index (χ2v) is 5.86. The third kappa shape index (κ3) is 4.63. The number of aryl methyl sites for hydroxylation is 1. The molecule has 0 bridgehead atoms. The summed E-state index contributed by atoms with van der Waals surface area (Å²) in [6.07, 6.45) is 8.70. The van der Waals surface area contributed by atoms with E-state index in [-0.39, 0.29) is 11.5 Å². The van der Waals surface area contributed by atoms with Gasteiger partial charge in [0.1, 0.15) is 6.33 Å². The van der Waals surface area contributed by atoms with Crippen molar-refractivity contribution in [3.63, 3.8) is 0 Å². The molecule has 0 saturated heterocycles. The summed E-state index contributed by atoms with van der Waals surface area (Å²) in [5.41, 5.74) is 1.50. The van der Waals surface area contributed by atoms with Crippen molar-refractivity contribution in [2.75, 3.05) is 6.54 Å². The zero-order valence-electron chi connectivity index (χ0n) is 14.3. The summed E-state index contributed by atoms with van der Waals surface area (Å²) in [5.74, 6) is -0.233. The fourth-order valence-electron chi connectivity index (χ4n) is 2.58. The third-order valence-corrected chi connectivity index (χ3v) is 3.96. The van der Waals surface area contributed by atoms with Crippen LogP contribution in [0.1, 0.15) is 18.5 Å². The maximum atomic E-state index is 12.3. The van der Waals surface area contributed by atoms with E-state index in [1.165, 1.54) is 23.2 Å². The number of pyridine rings is 1. The van der Waals surface area contributed by atoms with Crippen molar-refractivity contribution in [3.8, 4) is 0 Å². The molecule has 0 saturated carbocycles. The molecule has 0 aliphatic carbocycles. The Labute approximate surface area is 151 Å². The Morgan fingerprint density at radius 3 is 2.77 bits per heavy atom. The number of para-hydroxylation sites is 1. The van der Waals surface area contributed by atoms with Crippen LogP contribution in [0.25, 0.3) is 17.1 Å². The van der Waals surface area contributed by atoms with Gasteiger partial charge in [0.15, 0.2) is 0 Å². The van der Waals surface area contributed by atoms with Crippen molar-refractivity contribution < 1.29 is 4.79 Å². The van der Waals surface area contributed by atoms with E-state index in [0.29, 0.717) is 17.4 Å². The normalized spacial score (nSPS) is 11.1. The summed E-state index contributed by atoms with van der Waals surface area (Å²) in [6.45, 7) is 0.584. The molecule has 0 atom stereocenters. The number of hydrogen-bond donors (Lipinski definition) is 1. The molecule has 2 aromatic heterocycles. The van der Waals surface area contributed by atoms with Crippen molar-refractivity contribution in [1.29, 1.82) is 0 Å². The maximum absolute atomic E-state index is 12.3. The Morgan fingerprint density at radius 2 is 1.92 bits per heavy atom. The lowest BCUT2D eigenvalue weighted by Gasteiger charge is -2.03. The van der Waals surface area contributed by atoms with Gasteiger partial charge >= 0.3 is 0 Å². The molecule has 6 nitrogen and oxygen atoms in total. The molecule has 0 fully saturated rings. The smallest absolute Gasteiger partial charge is 0.265 e. The predicted molar refractivity (Wildman–Crippen MR) is 102 cm³/mol. The van der Waals surface area contributed by atoms with Gasteiger partial charge in [-0.05, 0) is 43.5 Å². The molecule has 1 N–H and O–H groups in total. The third-order valence-electron chi connectivity index (χ3n) is 3.96. The number of amides is 1. The van der Waals surface area contributed by atoms with Gasteiger partial charge < -0.3 is 5.32 Å². The first-order valence-corrected chi connectivity index (χ1v) is 8.56. The van der Waals surface area contributed by atoms with E-state index in [4.69, 9.17) is 0 Å². The molecule has 6 heteroatoms. The van der Waals surface area contributed by atoms with Crippen molar-refractivity contribution >= 4 is 23.0 Å². The molecular weight excluding hydrogens is 328 g/mol. The summed E-state index contributed by atoms with van der Waals surface area (Å²) >= 11 is 0. The summed E-state index contributed by atoms with van der Waals surface area (Å²) in [4.78, 5) is 32.7. The van der Waals surface area contributed by atoms with Gasteiger partial charge in [-0.25, -0.2) is 4.98 Å². The van der Waals surface area contributed by atoms with Gasteiger partial charge in [0.2, 0.25) is 5.91 Å². The van der Waals surface area contributed by atoms with Crippen molar-refractivity contribution in [3.05, 3.63) is 77.1 Å². The Bertz CT molecular complexity index is 964. The summed E-state index contributed by atoms with van der Waals surface area (Å²) in [5, 5.41) is 3.34. The highest BCUT2D eigenvalue weighted by Crippen LogP contribution is 2.04. The molecule has 0 aliphatic heterocycles. The number of aromatic nitrogens is 3. The van der Waals surface area contributed by atoms with Crippen LogP contribution in [0.3, 0.4) is 0 Å². The maximum Gasteiger partial charge on any atom is 0.265 e. The van der Waals surface area contributed by atoms with Gasteiger partial charge in [-0.15, -0.1) is 0 Å². The highest BCUT2D eigenvalue weighted by molar-refractivity contribution is 5.90. The number of nitrogens with one attached hydrogen (secondary N) is 1. The molecule has 0 unspecified atom stereocenters. The van der Waals surface area contributed by atoms with Gasteiger partial charge in [-0.1, -0.05) is 18.2 Å². The van der Waals surface area contributed by atoms with E-state index in [1.807, 2.05) is 24.3 Å². The van der Waals surface area contributed by atoms with Gasteiger partial charge in [-0.2, -0.15) is 0 Å². The number of carbonyl (C=O) groups excluding carboxylic acids is 1. The van der Waals surface area contributed by atoms with E-state index in [0.717, 1.165) is 25.0 Å². The summed E-state index contributed by atoms with van der Waals surface area (Å²) in [7, 11) is 0. The Morgan fingerprint density at radius 1 is 1.08 bits per heavy atom. The Hall–Kier alpha value is -3.28. The average molecular weight is 348 g/mol. The van der Waals surface area contributed by atoms with Gasteiger partial charge in [0.05, 0.1) is 10.9 Å². The topological polar surface area (TPSA) is 76.9 Å². The molecule has 0 radical (unpaired) electrons. The zero-order chi connectivity index (χ0) is 18.2. The van der Waals surface area contributed by atoms with Crippen molar-refractivity contribution in [2.45, 2.75) is 19.3 Å². The van der Waals surface area contributed by atoms with Gasteiger partial charge in [0, 0.05) is 30.7 Å². The van der Waals surface area contributed by atoms with Crippen molar-refractivity contribution in [2.24, 2.45) is 0 Å². The summed E-state index contributed by atoms with van der Waals surface area (Å²) < 4.78 is 1.31. The highest BCUT2D eigenvalue weighted by atomic mass is 16.1. The second-order valence-electron chi connectivity index (χ2n) is 5.86. The van der Waals surface area contributed by atoms with Crippen molar-refractivity contribution in [1.82, 2.24) is 19.9 Å². The van der Waals surface area contributed by atoms with Crippen LogP contribution in [0.15, 0.2) is 65.9 Å². The van der Waals surface area contributed by atoms with E-state index < -0.39 is 0 Å². The summed E-state index contributed by atoms with van der Waals surface area (Å²) in [6, 6.07) is 13.0. The molecule has 3 rings (SSSR count). The monoisotopic (exact) mass is 348 g/mol.